The van der Waals surface area contributed by atoms with E-state index in [1.165, 1.54) is 6.92 Å². The fraction of sp³-hybridized carbons (Fsp3) is 0.619. The summed E-state index contributed by atoms with van der Waals surface area (Å²) in [5, 5.41) is 1.56. The van der Waals surface area contributed by atoms with Crippen LogP contribution >= 0.6 is 0 Å². The summed E-state index contributed by atoms with van der Waals surface area (Å²) in [5.74, 6) is -1.56. The molecule has 0 saturated heterocycles. The number of nitrogens with one attached hydrogen (secondary N) is 1. The minimum Gasteiger partial charge on any atom is -0.460 e. The van der Waals surface area contributed by atoms with E-state index in [0.717, 1.165) is 5.56 Å². The molecular formula is C21H31NO7S. The maximum absolute atomic E-state index is 12.5. The van der Waals surface area contributed by atoms with E-state index in [-0.39, 0.29) is 13.0 Å². The molecule has 1 aromatic carbocycles. The monoisotopic (exact) mass is 441 g/mol. The van der Waals surface area contributed by atoms with Gasteiger partial charge in [0.05, 0.1) is 11.2 Å². The van der Waals surface area contributed by atoms with Crippen molar-refractivity contribution in [2.24, 2.45) is 11.8 Å². The predicted octanol–water partition coefficient (Wildman–Crippen LogP) is 3.32. The molecule has 0 radical (unpaired) electrons. The minimum atomic E-state index is -4.35. The number of ether oxygens (including phenoxy) is 2. The Balaban J connectivity index is 2.06. The number of carbonyl (C=O) groups excluding carboxylic acids is 2. The van der Waals surface area contributed by atoms with Gasteiger partial charge in [0.25, 0.3) is 10.1 Å². The van der Waals surface area contributed by atoms with Crippen LogP contribution in [0.5, 0.6) is 0 Å². The van der Waals surface area contributed by atoms with Crippen molar-refractivity contribution in [1.29, 1.82) is 0 Å². The fourth-order valence-electron chi connectivity index (χ4n) is 3.64. The summed E-state index contributed by atoms with van der Waals surface area (Å²) in [6.45, 7) is 6.75. The van der Waals surface area contributed by atoms with Gasteiger partial charge in [0.1, 0.15) is 12.2 Å². The highest BCUT2D eigenvalue weighted by molar-refractivity contribution is 7.86. The Morgan fingerprint density at radius 1 is 1.20 bits per heavy atom. The van der Waals surface area contributed by atoms with Crippen LogP contribution in [0.2, 0.25) is 0 Å². The molecule has 1 fully saturated rings. The van der Waals surface area contributed by atoms with Gasteiger partial charge in [-0.05, 0) is 58.4 Å². The number of hydrogen-bond donors (Lipinski definition) is 2. The van der Waals surface area contributed by atoms with Gasteiger partial charge >= 0.3 is 12.1 Å². The summed E-state index contributed by atoms with van der Waals surface area (Å²) in [5.41, 5.74) is 0.168. The van der Waals surface area contributed by atoms with Gasteiger partial charge in [-0.3, -0.25) is 9.35 Å². The number of alkyl carbamates (subject to hydrolysis) is 1. The molecule has 1 aliphatic rings. The topological polar surface area (TPSA) is 119 Å². The smallest absolute Gasteiger partial charge is 0.407 e. The first-order valence-corrected chi connectivity index (χ1v) is 11.5. The van der Waals surface area contributed by atoms with Gasteiger partial charge in [0.2, 0.25) is 0 Å². The van der Waals surface area contributed by atoms with Crippen LogP contribution < -0.4 is 5.32 Å². The molecule has 2 rings (SSSR count). The third-order valence-corrected chi connectivity index (χ3v) is 6.52. The highest BCUT2D eigenvalue weighted by Gasteiger charge is 2.42. The van der Waals surface area contributed by atoms with Gasteiger partial charge in [-0.25, -0.2) is 4.79 Å². The molecule has 1 unspecified atom stereocenters. The highest BCUT2D eigenvalue weighted by Crippen LogP contribution is 2.35. The Bertz CT molecular complexity index is 833. The Morgan fingerprint density at radius 2 is 1.83 bits per heavy atom. The molecule has 1 aromatic rings. The molecule has 9 heteroatoms. The van der Waals surface area contributed by atoms with Gasteiger partial charge in [-0.15, -0.1) is 0 Å². The van der Waals surface area contributed by atoms with Crippen molar-refractivity contribution in [3.63, 3.8) is 0 Å². The highest BCUT2D eigenvalue weighted by atomic mass is 32.2. The van der Waals surface area contributed by atoms with E-state index in [9.17, 15) is 22.6 Å². The van der Waals surface area contributed by atoms with Gasteiger partial charge in [0.15, 0.2) is 0 Å². The van der Waals surface area contributed by atoms with E-state index in [4.69, 9.17) is 9.47 Å². The minimum absolute atomic E-state index is 0.0818. The lowest BCUT2D eigenvalue weighted by Gasteiger charge is -2.38. The van der Waals surface area contributed by atoms with E-state index in [2.05, 4.69) is 5.32 Å². The summed E-state index contributed by atoms with van der Waals surface area (Å²) in [7, 11) is -4.35. The molecule has 0 aliphatic heterocycles. The van der Waals surface area contributed by atoms with E-state index in [1.54, 1.807) is 20.8 Å². The third-order valence-electron chi connectivity index (χ3n) is 5.23. The van der Waals surface area contributed by atoms with E-state index in [1.807, 2.05) is 30.3 Å². The number of rotatable bonds is 6. The van der Waals surface area contributed by atoms with Crippen LogP contribution in [0.1, 0.15) is 52.5 Å². The second kappa shape index (κ2) is 9.78. The number of carbonyl (C=O) groups is 2. The van der Waals surface area contributed by atoms with Crippen LogP contribution in [0.15, 0.2) is 30.3 Å². The first kappa shape index (κ1) is 24.1. The van der Waals surface area contributed by atoms with Crippen molar-refractivity contribution in [3.05, 3.63) is 35.9 Å². The maximum Gasteiger partial charge on any atom is 0.407 e. The largest absolute Gasteiger partial charge is 0.460 e. The first-order valence-electron chi connectivity index (χ1n) is 10.0. The number of amides is 1. The van der Waals surface area contributed by atoms with Crippen LogP contribution in [-0.4, -0.2) is 41.9 Å². The molecule has 30 heavy (non-hydrogen) atoms. The van der Waals surface area contributed by atoms with Crippen molar-refractivity contribution < 1.29 is 32.0 Å². The SMILES string of the molecule is CC([C@@H]1C[C@H](C(=O)OC(C)(C)C)CC[C@@H]1NC(=O)OCc1ccccc1)S(=O)(=O)O. The van der Waals surface area contributed by atoms with E-state index in [0.29, 0.717) is 12.8 Å². The summed E-state index contributed by atoms with van der Waals surface area (Å²) in [6.07, 6.45) is 0.314. The Hall–Kier alpha value is -2.13. The Labute approximate surface area is 178 Å². The molecule has 2 N–H and O–H groups in total. The number of esters is 1. The zero-order valence-electron chi connectivity index (χ0n) is 17.8. The molecular weight excluding hydrogens is 410 g/mol. The summed E-state index contributed by atoms with van der Waals surface area (Å²) >= 11 is 0. The lowest BCUT2D eigenvalue weighted by molar-refractivity contribution is -0.161. The molecule has 1 amide bonds. The third kappa shape index (κ3) is 7.28. The summed E-state index contributed by atoms with van der Waals surface area (Å²) < 4.78 is 43.8. The van der Waals surface area contributed by atoms with Crippen molar-refractivity contribution in [3.8, 4) is 0 Å². The average Bonchev–Trinajstić information content (AvgIpc) is 2.65. The normalized spacial score (nSPS) is 23.3. The average molecular weight is 442 g/mol. The summed E-state index contributed by atoms with van der Waals surface area (Å²) in [4.78, 5) is 24.7. The van der Waals surface area contributed by atoms with Crippen molar-refractivity contribution in [2.45, 2.75) is 70.5 Å². The Kier molecular flexibility index (Phi) is 7.87. The zero-order valence-corrected chi connectivity index (χ0v) is 18.6. The predicted molar refractivity (Wildman–Crippen MR) is 111 cm³/mol. The standard InChI is InChI=1S/C21H31NO7S/c1-14(30(25,26)27)17-12-16(19(23)29-21(2,3)4)10-11-18(17)22-20(24)28-13-15-8-6-5-7-9-15/h5-9,14,16-18H,10-13H2,1-4H3,(H,22,24)(H,25,26,27)/t14?,16-,17+,18+/m1/s1. The molecule has 0 bridgehead atoms. The van der Waals surface area contributed by atoms with Gasteiger partial charge < -0.3 is 14.8 Å². The lowest BCUT2D eigenvalue weighted by atomic mass is 9.76. The van der Waals surface area contributed by atoms with Gasteiger partial charge in [-0.2, -0.15) is 8.42 Å². The van der Waals surface area contributed by atoms with Crippen molar-refractivity contribution >= 4 is 22.2 Å². The maximum atomic E-state index is 12.5. The molecule has 1 saturated carbocycles. The lowest BCUT2D eigenvalue weighted by Crippen LogP contribution is -2.50. The van der Waals surface area contributed by atoms with E-state index >= 15 is 0 Å². The Morgan fingerprint density at radius 3 is 2.40 bits per heavy atom. The van der Waals surface area contributed by atoms with Crippen LogP contribution in [-0.2, 0) is 31.0 Å². The van der Waals surface area contributed by atoms with Gasteiger partial charge in [0, 0.05) is 6.04 Å². The van der Waals surface area contributed by atoms with Crippen LogP contribution in [0.3, 0.4) is 0 Å². The molecule has 8 nitrogen and oxygen atoms in total. The molecule has 168 valence electrons. The van der Waals surface area contributed by atoms with Crippen molar-refractivity contribution in [2.75, 3.05) is 0 Å². The zero-order chi connectivity index (χ0) is 22.5. The van der Waals surface area contributed by atoms with Crippen LogP contribution in [0, 0.1) is 11.8 Å². The van der Waals surface area contributed by atoms with E-state index < -0.39 is 50.9 Å². The molecule has 4 atom stereocenters. The summed E-state index contributed by atoms with van der Waals surface area (Å²) in [6, 6.07) is 8.61. The second-order valence-corrected chi connectivity index (χ2v) is 10.5. The molecule has 1 aliphatic carbocycles. The van der Waals surface area contributed by atoms with Crippen molar-refractivity contribution in [1.82, 2.24) is 5.32 Å². The second-order valence-electron chi connectivity index (χ2n) is 8.74. The fourth-order valence-corrected chi connectivity index (χ4v) is 4.38. The number of benzene rings is 1. The van der Waals surface area contributed by atoms with Gasteiger partial charge in [-0.1, -0.05) is 30.3 Å². The first-order chi connectivity index (χ1) is 13.9. The van der Waals surface area contributed by atoms with Crippen LogP contribution in [0.4, 0.5) is 4.79 Å². The molecule has 0 aromatic heterocycles. The molecule has 0 heterocycles. The number of hydrogen-bond acceptors (Lipinski definition) is 6. The quantitative estimate of drug-likeness (QED) is 0.513. The van der Waals surface area contributed by atoms with Crippen LogP contribution in [0.25, 0.3) is 0 Å². The molecule has 0 spiro atoms.